The molecule has 2 aromatic heterocycles. The van der Waals surface area contributed by atoms with Gasteiger partial charge in [-0.15, -0.1) is 11.3 Å². The van der Waals surface area contributed by atoms with Crippen LogP contribution in [0.2, 0.25) is 0 Å². The molecule has 24 heavy (non-hydrogen) atoms. The zero-order chi connectivity index (χ0) is 16.5. The molecular formula is C18H19N3OS2. The summed E-state index contributed by atoms with van der Waals surface area (Å²) in [5, 5.41) is 4.64. The van der Waals surface area contributed by atoms with Gasteiger partial charge < -0.3 is 5.32 Å². The second-order valence-corrected chi connectivity index (χ2v) is 8.67. The lowest BCUT2D eigenvalue weighted by Crippen LogP contribution is -2.01. The van der Waals surface area contributed by atoms with Crippen molar-refractivity contribution in [1.82, 2.24) is 9.97 Å². The van der Waals surface area contributed by atoms with E-state index in [9.17, 15) is 4.21 Å². The first-order chi connectivity index (χ1) is 11.7. The first-order valence-electron chi connectivity index (χ1n) is 8.12. The van der Waals surface area contributed by atoms with Crippen molar-refractivity contribution >= 4 is 43.9 Å². The van der Waals surface area contributed by atoms with Gasteiger partial charge in [-0.1, -0.05) is 12.1 Å². The second-order valence-electron chi connectivity index (χ2n) is 6.16. The molecule has 0 saturated carbocycles. The van der Waals surface area contributed by atoms with Crippen molar-refractivity contribution in [1.29, 1.82) is 0 Å². The van der Waals surface area contributed by atoms with Gasteiger partial charge in [0.2, 0.25) is 0 Å². The lowest BCUT2D eigenvalue weighted by Gasteiger charge is -2.13. The van der Waals surface area contributed by atoms with Crippen LogP contribution >= 0.6 is 11.3 Å². The molecule has 4 nitrogen and oxygen atoms in total. The second kappa shape index (κ2) is 6.61. The van der Waals surface area contributed by atoms with E-state index in [1.807, 2.05) is 24.3 Å². The summed E-state index contributed by atoms with van der Waals surface area (Å²) in [6, 6.07) is 8.07. The fraction of sp³-hybridized carbons (Fsp3) is 0.333. The highest BCUT2D eigenvalue weighted by atomic mass is 32.2. The van der Waals surface area contributed by atoms with Gasteiger partial charge in [0, 0.05) is 33.4 Å². The van der Waals surface area contributed by atoms with E-state index >= 15 is 0 Å². The van der Waals surface area contributed by atoms with Crippen LogP contribution in [0.25, 0.3) is 10.2 Å². The van der Waals surface area contributed by atoms with Crippen molar-refractivity contribution in [3.63, 3.8) is 0 Å². The number of benzene rings is 1. The maximum Gasteiger partial charge on any atom is 0.142 e. The Morgan fingerprint density at radius 2 is 2.12 bits per heavy atom. The Kier molecular flexibility index (Phi) is 4.33. The third-order valence-corrected chi connectivity index (χ3v) is 6.25. The van der Waals surface area contributed by atoms with Crippen molar-refractivity contribution < 1.29 is 4.21 Å². The summed E-state index contributed by atoms with van der Waals surface area (Å²) in [4.78, 5) is 11.5. The molecular weight excluding hydrogens is 338 g/mol. The minimum absolute atomic E-state index is 0.572. The van der Waals surface area contributed by atoms with Crippen LogP contribution in [0.4, 0.5) is 11.5 Å². The molecule has 1 aliphatic carbocycles. The van der Waals surface area contributed by atoms with Crippen LogP contribution < -0.4 is 5.32 Å². The van der Waals surface area contributed by atoms with Gasteiger partial charge in [0.1, 0.15) is 17.0 Å². The van der Waals surface area contributed by atoms with Crippen molar-refractivity contribution in [3.8, 4) is 0 Å². The molecule has 4 rings (SSSR count). The largest absolute Gasteiger partial charge is 0.340 e. The zero-order valence-electron chi connectivity index (χ0n) is 13.5. The van der Waals surface area contributed by atoms with E-state index in [-0.39, 0.29) is 0 Å². The van der Waals surface area contributed by atoms with Gasteiger partial charge in [-0.25, -0.2) is 9.97 Å². The van der Waals surface area contributed by atoms with Gasteiger partial charge in [0.25, 0.3) is 0 Å². The number of hydrogen-bond acceptors (Lipinski definition) is 5. The number of hydrogen-bond donors (Lipinski definition) is 1. The van der Waals surface area contributed by atoms with Gasteiger partial charge in [-0.3, -0.25) is 4.21 Å². The molecule has 6 heteroatoms. The summed E-state index contributed by atoms with van der Waals surface area (Å²) in [6.45, 7) is 0. The summed E-state index contributed by atoms with van der Waals surface area (Å²) >= 11 is 1.80. The number of anilines is 2. The van der Waals surface area contributed by atoms with E-state index in [2.05, 4.69) is 15.3 Å². The Bertz CT molecular complexity index is 920. The van der Waals surface area contributed by atoms with E-state index in [1.165, 1.54) is 28.7 Å². The van der Waals surface area contributed by atoms with Crippen molar-refractivity contribution in [2.45, 2.75) is 31.4 Å². The predicted octanol–water partition coefficient (Wildman–Crippen LogP) is 4.19. The number of nitrogens with one attached hydrogen (secondary N) is 1. The highest BCUT2D eigenvalue weighted by molar-refractivity contribution is 7.83. The Hall–Kier alpha value is -1.79. The van der Waals surface area contributed by atoms with Crippen LogP contribution in [0, 0.1) is 0 Å². The molecule has 2 heterocycles. The molecule has 0 bridgehead atoms. The topological polar surface area (TPSA) is 54.9 Å². The first kappa shape index (κ1) is 15.7. The highest BCUT2D eigenvalue weighted by Crippen LogP contribution is 2.38. The Morgan fingerprint density at radius 1 is 1.25 bits per heavy atom. The maximum absolute atomic E-state index is 11.5. The predicted molar refractivity (Wildman–Crippen MR) is 102 cm³/mol. The average Bonchev–Trinajstić information content (AvgIpc) is 2.94. The fourth-order valence-electron chi connectivity index (χ4n) is 3.30. The molecule has 0 spiro atoms. The molecule has 0 radical (unpaired) electrons. The van der Waals surface area contributed by atoms with Crippen LogP contribution in [-0.4, -0.2) is 20.4 Å². The van der Waals surface area contributed by atoms with Crippen LogP contribution in [0.3, 0.4) is 0 Å². The normalized spacial score (nSPS) is 15.2. The third kappa shape index (κ3) is 3.08. The van der Waals surface area contributed by atoms with Crippen molar-refractivity contribution in [2.75, 3.05) is 11.6 Å². The maximum atomic E-state index is 11.5. The summed E-state index contributed by atoms with van der Waals surface area (Å²) in [5.74, 6) is 1.46. The van der Waals surface area contributed by atoms with Gasteiger partial charge in [-0.05, 0) is 48.9 Å². The Morgan fingerprint density at radius 3 is 3.00 bits per heavy atom. The number of aryl methyl sites for hydroxylation is 2. The SMILES string of the molecule is CS(=O)Cc1cccc(Nc2ncnc3sc4c(c23)CCCC4)c1. The zero-order valence-corrected chi connectivity index (χ0v) is 15.2. The van der Waals surface area contributed by atoms with Crippen LogP contribution in [0.5, 0.6) is 0 Å². The first-order valence-corrected chi connectivity index (χ1v) is 10.7. The monoisotopic (exact) mass is 357 g/mol. The summed E-state index contributed by atoms with van der Waals surface area (Å²) in [5.41, 5.74) is 3.47. The van der Waals surface area contributed by atoms with E-state index in [0.717, 1.165) is 34.7 Å². The quantitative estimate of drug-likeness (QED) is 0.760. The highest BCUT2D eigenvalue weighted by Gasteiger charge is 2.19. The molecule has 1 aliphatic rings. The molecule has 1 N–H and O–H groups in total. The smallest absolute Gasteiger partial charge is 0.142 e. The van der Waals surface area contributed by atoms with Crippen LogP contribution in [0.1, 0.15) is 28.8 Å². The lowest BCUT2D eigenvalue weighted by molar-refractivity contribution is 0.686. The number of thiophene rings is 1. The van der Waals surface area contributed by atoms with Crippen LogP contribution in [0.15, 0.2) is 30.6 Å². The summed E-state index contributed by atoms with van der Waals surface area (Å²) < 4.78 is 11.5. The van der Waals surface area contributed by atoms with Gasteiger partial charge >= 0.3 is 0 Å². The van der Waals surface area contributed by atoms with E-state index in [0.29, 0.717) is 5.75 Å². The Labute approximate surface area is 147 Å². The third-order valence-electron chi connectivity index (χ3n) is 4.31. The minimum atomic E-state index is -0.841. The van der Waals surface area contributed by atoms with Crippen LogP contribution in [-0.2, 0) is 29.4 Å². The lowest BCUT2D eigenvalue weighted by atomic mass is 9.97. The molecule has 0 saturated heterocycles. The number of rotatable bonds is 4. The van der Waals surface area contributed by atoms with Gasteiger partial charge in [0.05, 0.1) is 5.39 Å². The molecule has 0 fully saturated rings. The summed E-state index contributed by atoms with van der Waals surface area (Å²) in [7, 11) is -0.841. The Balaban J connectivity index is 1.72. The fourth-order valence-corrected chi connectivity index (χ4v) is 5.17. The summed E-state index contributed by atoms with van der Waals surface area (Å²) in [6.07, 6.45) is 8.15. The molecule has 1 atom stereocenters. The minimum Gasteiger partial charge on any atom is -0.340 e. The number of aromatic nitrogens is 2. The standard InChI is InChI=1S/C18H19N3OS2/c1-24(22)10-12-5-4-6-13(9-12)21-17-16-14-7-2-3-8-15(14)23-18(16)20-11-19-17/h4-6,9,11H,2-3,7-8,10H2,1H3,(H,19,20,21). The molecule has 3 aromatic rings. The molecule has 1 unspecified atom stereocenters. The van der Waals surface area contributed by atoms with E-state index in [1.54, 1.807) is 23.9 Å². The number of fused-ring (bicyclic) bond motifs is 3. The number of nitrogens with zero attached hydrogens (tertiary/aromatic N) is 2. The average molecular weight is 358 g/mol. The van der Waals surface area contributed by atoms with E-state index < -0.39 is 10.8 Å². The molecule has 1 aromatic carbocycles. The molecule has 124 valence electrons. The van der Waals surface area contributed by atoms with Crippen molar-refractivity contribution in [3.05, 3.63) is 46.6 Å². The van der Waals surface area contributed by atoms with Crippen molar-refractivity contribution in [2.24, 2.45) is 0 Å². The van der Waals surface area contributed by atoms with Gasteiger partial charge in [0.15, 0.2) is 0 Å². The van der Waals surface area contributed by atoms with Gasteiger partial charge in [-0.2, -0.15) is 0 Å². The molecule has 0 amide bonds. The van der Waals surface area contributed by atoms with E-state index in [4.69, 9.17) is 0 Å². The molecule has 0 aliphatic heterocycles.